The van der Waals surface area contributed by atoms with Gasteiger partial charge in [0, 0.05) is 24.4 Å². The number of benzene rings is 2. The molecule has 0 aliphatic carbocycles. The number of nitrogens with one attached hydrogen (secondary N) is 3. The van der Waals surface area contributed by atoms with Crippen molar-refractivity contribution in [2.75, 3.05) is 7.11 Å². The molecule has 7 nitrogen and oxygen atoms in total. The van der Waals surface area contributed by atoms with Gasteiger partial charge in [-0.1, -0.05) is 18.2 Å². The minimum atomic E-state index is -0.646. The second-order valence-corrected chi connectivity index (χ2v) is 8.39. The smallest absolute Gasteiger partial charge is 0.220 e. The summed E-state index contributed by atoms with van der Waals surface area (Å²) < 4.78 is 19.6. The van der Waals surface area contributed by atoms with Crippen molar-refractivity contribution in [2.45, 2.75) is 50.6 Å². The van der Waals surface area contributed by atoms with Crippen LogP contribution < -0.4 is 15.4 Å². The Morgan fingerprint density at radius 3 is 2.81 bits per heavy atom. The molecule has 1 saturated heterocycles. The van der Waals surface area contributed by atoms with Gasteiger partial charge in [-0.15, -0.1) is 0 Å². The van der Waals surface area contributed by atoms with E-state index in [1.165, 1.54) is 13.2 Å². The molecular weight excluding hydrogens is 411 g/mol. The maximum Gasteiger partial charge on any atom is 0.220 e. The van der Waals surface area contributed by atoms with Crippen LogP contribution in [0.25, 0.3) is 11.0 Å². The number of rotatable bonds is 8. The van der Waals surface area contributed by atoms with Gasteiger partial charge >= 0.3 is 0 Å². The highest BCUT2D eigenvalue weighted by Gasteiger charge is 2.38. The molecule has 32 heavy (non-hydrogen) atoms. The average molecular weight is 439 g/mol. The Morgan fingerprint density at radius 2 is 2.12 bits per heavy atom. The van der Waals surface area contributed by atoms with E-state index in [0.717, 1.165) is 11.0 Å². The van der Waals surface area contributed by atoms with Crippen molar-refractivity contribution in [1.82, 2.24) is 20.6 Å². The SMILES string of the molecule is COc1ccc(CC2(CCC(=O)NC(C)c3nc4ccccc4[nH]3)CCC(=O)N2)c(F)c1. The van der Waals surface area contributed by atoms with E-state index in [-0.39, 0.29) is 30.1 Å². The Kier molecular flexibility index (Phi) is 6.12. The number of aromatic nitrogens is 2. The molecule has 2 unspecified atom stereocenters. The fourth-order valence-electron chi connectivity index (χ4n) is 4.26. The standard InChI is InChI=1S/C24H27FN4O3/c1-15(23-27-19-5-3-4-6-20(19)28-23)26-21(30)9-11-24(12-10-22(31)29-24)14-16-7-8-17(32-2)13-18(16)25/h3-8,13,15H,9-12,14H2,1-2H3,(H,26,30)(H,27,28)(H,29,31). The lowest BCUT2D eigenvalue weighted by atomic mass is 9.84. The summed E-state index contributed by atoms with van der Waals surface area (Å²) in [5, 5.41) is 5.96. The topological polar surface area (TPSA) is 96.1 Å². The molecule has 1 aliphatic rings. The van der Waals surface area contributed by atoms with E-state index < -0.39 is 5.54 Å². The molecule has 0 bridgehead atoms. The van der Waals surface area contributed by atoms with E-state index in [2.05, 4.69) is 20.6 Å². The van der Waals surface area contributed by atoms with Crippen LogP contribution in [0.5, 0.6) is 5.75 Å². The van der Waals surface area contributed by atoms with Crippen molar-refractivity contribution in [3.8, 4) is 5.75 Å². The third kappa shape index (κ3) is 4.74. The van der Waals surface area contributed by atoms with Crippen LogP contribution in [0.3, 0.4) is 0 Å². The summed E-state index contributed by atoms with van der Waals surface area (Å²) >= 11 is 0. The van der Waals surface area contributed by atoms with Crippen molar-refractivity contribution >= 4 is 22.8 Å². The number of hydrogen-bond acceptors (Lipinski definition) is 4. The van der Waals surface area contributed by atoms with Gasteiger partial charge in [0.1, 0.15) is 17.4 Å². The third-order valence-electron chi connectivity index (χ3n) is 6.05. The van der Waals surface area contributed by atoms with Gasteiger partial charge in [-0.05, 0) is 49.9 Å². The Balaban J connectivity index is 1.40. The van der Waals surface area contributed by atoms with Gasteiger partial charge in [0.05, 0.1) is 24.2 Å². The summed E-state index contributed by atoms with van der Waals surface area (Å²) in [5.74, 6) is 0.523. The molecule has 2 heterocycles. The molecule has 0 radical (unpaired) electrons. The number of ether oxygens (including phenoxy) is 1. The maximum atomic E-state index is 14.5. The fraction of sp³-hybridized carbons (Fsp3) is 0.375. The molecule has 3 aromatic rings. The molecule has 168 valence electrons. The van der Waals surface area contributed by atoms with E-state index in [0.29, 0.717) is 42.8 Å². The molecule has 0 spiro atoms. The number of H-pyrrole nitrogens is 1. The van der Waals surface area contributed by atoms with Gasteiger partial charge in [-0.2, -0.15) is 0 Å². The summed E-state index contributed by atoms with van der Waals surface area (Å²) in [6.07, 6.45) is 1.88. The normalized spacial score (nSPS) is 19.0. The predicted octanol–water partition coefficient (Wildman–Crippen LogP) is 3.56. The number of methoxy groups -OCH3 is 1. The number of imidazole rings is 1. The van der Waals surface area contributed by atoms with E-state index >= 15 is 0 Å². The molecule has 8 heteroatoms. The summed E-state index contributed by atoms with van der Waals surface area (Å²) in [6.45, 7) is 1.87. The first-order valence-electron chi connectivity index (χ1n) is 10.7. The highest BCUT2D eigenvalue weighted by atomic mass is 19.1. The van der Waals surface area contributed by atoms with Crippen LogP contribution in [0.4, 0.5) is 4.39 Å². The Hall–Kier alpha value is -3.42. The number of fused-ring (bicyclic) bond motifs is 1. The first-order chi connectivity index (χ1) is 15.4. The predicted molar refractivity (Wildman–Crippen MR) is 119 cm³/mol. The molecule has 0 saturated carbocycles. The number of carbonyl (C=O) groups excluding carboxylic acids is 2. The summed E-state index contributed by atoms with van der Waals surface area (Å²) in [7, 11) is 1.48. The number of para-hydroxylation sites is 2. The average Bonchev–Trinajstić information content (AvgIpc) is 3.38. The van der Waals surface area contributed by atoms with E-state index in [9.17, 15) is 14.0 Å². The highest BCUT2D eigenvalue weighted by molar-refractivity contribution is 5.80. The maximum absolute atomic E-state index is 14.5. The summed E-state index contributed by atoms with van der Waals surface area (Å²) in [4.78, 5) is 32.4. The van der Waals surface area contributed by atoms with Crippen LogP contribution in [0.15, 0.2) is 42.5 Å². The largest absolute Gasteiger partial charge is 0.497 e. The fourth-order valence-corrected chi connectivity index (χ4v) is 4.26. The second-order valence-electron chi connectivity index (χ2n) is 8.39. The monoisotopic (exact) mass is 438 g/mol. The number of carbonyl (C=O) groups is 2. The molecule has 2 atom stereocenters. The zero-order valence-corrected chi connectivity index (χ0v) is 18.2. The first-order valence-corrected chi connectivity index (χ1v) is 10.7. The van der Waals surface area contributed by atoms with Crippen molar-refractivity contribution in [3.63, 3.8) is 0 Å². The van der Waals surface area contributed by atoms with Crippen LogP contribution >= 0.6 is 0 Å². The van der Waals surface area contributed by atoms with Crippen molar-refractivity contribution in [1.29, 1.82) is 0 Å². The van der Waals surface area contributed by atoms with Gasteiger partial charge in [-0.25, -0.2) is 9.37 Å². The lowest BCUT2D eigenvalue weighted by molar-refractivity contribution is -0.123. The molecule has 1 aliphatic heterocycles. The molecule has 1 fully saturated rings. The molecule has 2 aromatic carbocycles. The Morgan fingerprint density at radius 1 is 1.31 bits per heavy atom. The van der Waals surface area contributed by atoms with Crippen molar-refractivity contribution < 1.29 is 18.7 Å². The van der Waals surface area contributed by atoms with Crippen molar-refractivity contribution in [3.05, 3.63) is 59.7 Å². The number of aromatic amines is 1. The molecule has 3 N–H and O–H groups in total. The Bertz CT molecular complexity index is 1110. The minimum Gasteiger partial charge on any atom is -0.497 e. The van der Waals surface area contributed by atoms with Gasteiger partial charge in [0.15, 0.2) is 0 Å². The molecule has 2 amide bonds. The zero-order chi connectivity index (χ0) is 22.7. The number of nitrogens with zero attached hydrogens (tertiary/aromatic N) is 1. The Labute approximate surface area is 185 Å². The van der Waals surface area contributed by atoms with Gasteiger partial charge < -0.3 is 20.4 Å². The van der Waals surface area contributed by atoms with Gasteiger partial charge in [0.2, 0.25) is 11.8 Å². The van der Waals surface area contributed by atoms with Gasteiger partial charge in [-0.3, -0.25) is 9.59 Å². The zero-order valence-electron chi connectivity index (χ0n) is 18.2. The van der Waals surface area contributed by atoms with Crippen LogP contribution in [0.1, 0.15) is 50.0 Å². The molecule has 1 aromatic heterocycles. The van der Waals surface area contributed by atoms with Crippen LogP contribution in [-0.2, 0) is 16.0 Å². The van der Waals surface area contributed by atoms with Crippen LogP contribution in [-0.4, -0.2) is 34.4 Å². The lowest BCUT2D eigenvalue weighted by Gasteiger charge is -2.29. The van der Waals surface area contributed by atoms with Crippen LogP contribution in [0.2, 0.25) is 0 Å². The first kappa shape index (κ1) is 21.8. The highest BCUT2D eigenvalue weighted by Crippen LogP contribution is 2.31. The second kappa shape index (κ2) is 8.98. The number of hydrogen-bond donors (Lipinski definition) is 3. The van der Waals surface area contributed by atoms with E-state index in [4.69, 9.17) is 4.74 Å². The molecule has 4 rings (SSSR count). The molecular formula is C24H27FN4O3. The van der Waals surface area contributed by atoms with E-state index in [1.807, 2.05) is 31.2 Å². The minimum absolute atomic E-state index is 0.0741. The van der Waals surface area contributed by atoms with Gasteiger partial charge in [0.25, 0.3) is 0 Å². The quantitative estimate of drug-likeness (QED) is 0.501. The third-order valence-corrected chi connectivity index (χ3v) is 6.05. The van der Waals surface area contributed by atoms with E-state index in [1.54, 1.807) is 12.1 Å². The summed E-state index contributed by atoms with van der Waals surface area (Å²) in [6, 6.07) is 12.1. The number of amides is 2. The number of halogens is 1. The van der Waals surface area contributed by atoms with Crippen molar-refractivity contribution in [2.24, 2.45) is 0 Å². The van der Waals surface area contributed by atoms with Crippen LogP contribution in [0, 0.1) is 5.82 Å². The summed E-state index contributed by atoms with van der Waals surface area (Å²) in [5.41, 5.74) is 1.60. The lowest BCUT2D eigenvalue weighted by Crippen LogP contribution is -2.45.